The third-order valence-corrected chi connectivity index (χ3v) is 6.18. The van der Waals surface area contributed by atoms with Gasteiger partial charge >= 0.3 is 0 Å². The molecule has 6 heteroatoms. The van der Waals surface area contributed by atoms with Gasteiger partial charge in [-0.05, 0) is 22.8 Å². The first kappa shape index (κ1) is 19.6. The highest BCUT2D eigenvalue weighted by molar-refractivity contribution is 6.01. The minimum absolute atomic E-state index is 0.000129. The number of hydrogen-bond donors (Lipinski definition) is 1. The Labute approximate surface area is 170 Å². The number of nitrogens with one attached hydrogen (secondary N) is 1. The fraction of sp³-hybridized carbons (Fsp3) is 0.478. The lowest BCUT2D eigenvalue weighted by Crippen LogP contribution is -2.46. The molecule has 0 saturated heterocycles. The second-order valence-corrected chi connectivity index (χ2v) is 9.99. The van der Waals surface area contributed by atoms with Crippen molar-refractivity contribution in [1.29, 1.82) is 0 Å². The van der Waals surface area contributed by atoms with Gasteiger partial charge in [-0.25, -0.2) is 0 Å². The molecule has 2 aliphatic carbocycles. The molecule has 0 bridgehead atoms. The van der Waals surface area contributed by atoms with E-state index in [9.17, 15) is 19.7 Å². The number of carbonyl (C=O) groups is 2. The maximum absolute atomic E-state index is 13.2. The average Bonchev–Trinajstić information content (AvgIpc) is 2.57. The van der Waals surface area contributed by atoms with E-state index in [0.29, 0.717) is 18.4 Å². The molecule has 29 heavy (non-hydrogen) atoms. The van der Waals surface area contributed by atoms with Gasteiger partial charge in [-0.2, -0.15) is 0 Å². The third kappa shape index (κ3) is 3.41. The zero-order valence-corrected chi connectivity index (χ0v) is 17.2. The van der Waals surface area contributed by atoms with Crippen LogP contribution in [0.1, 0.15) is 58.4 Å². The molecule has 1 heterocycles. The Morgan fingerprint density at radius 3 is 2.28 bits per heavy atom. The number of Topliss-reactive ketones (excluding diaryl/α,β-unsaturated/α-hetero) is 2. The lowest BCUT2D eigenvalue weighted by molar-refractivity contribution is -0.384. The zero-order chi connectivity index (χ0) is 21.1. The number of benzene rings is 1. The summed E-state index contributed by atoms with van der Waals surface area (Å²) in [6.07, 6.45) is 3.70. The van der Waals surface area contributed by atoms with Crippen molar-refractivity contribution in [3.05, 3.63) is 63.0 Å². The van der Waals surface area contributed by atoms with Crippen LogP contribution in [0.2, 0.25) is 0 Å². The van der Waals surface area contributed by atoms with Crippen LogP contribution in [-0.2, 0) is 9.59 Å². The Kier molecular flexibility index (Phi) is 4.30. The van der Waals surface area contributed by atoms with Crippen molar-refractivity contribution in [2.24, 2.45) is 16.7 Å². The summed E-state index contributed by atoms with van der Waals surface area (Å²) in [5.74, 6) is -0.685. The van der Waals surface area contributed by atoms with Crippen molar-refractivity contribution in [3.8, 4) is 0 Å². The number of non-ortho nitro benzene ring substituents is 1. The topological polar surface area (TPSA) is 89.3 Å². The van der Waals surface area contributed by atoms with Crippen LogP contribution in [0.3, 0.4) is 0 Å². The summed E-state index contributed by atoms with van der Waals surface area (Å²) in [5, 5.41) is 14.5. The van der Waals surface area contributed by atoms with Crippen molar-refractivity contribution in [3.63, 3.8) is 0 Å². The van der Waals surface area contributed by atoms with Crippen LogP contribution in [0.5, 0.6) is 0 Å². The third-order valence-electron chi connectivity index (χ3n) is 6.18. The van der Waals surface area contributed by atoms with Crippen LogP contribution < -0.4 is 5.32 Å². The van der Waals surface area contributed by atoms with Crippen LogP contribution in [-0.4, -0.2) is 16.5 Å². The van der Waals surface area contributed by atoms with Crippen molar-refractivity contribution in [2.45, 2.75) is 52.9 Å². The van der Waals surface area contributed by atoms with E-state index in [0.717, 1.165) is 23.4 Å². The first-order chi connectivity index (χ1) is 13.5. The van der Waals surface area contributed by atoms with E-state index < -0.39 is 16.8 Å². The zero-order valence-electron chi connectivity index (χ0n) is 17.2. The minimum atomic E-state index is -0.451. The maximum Gasteiger partial charge on any atom is 0.269 e. The summed E-state index contributed by atoms with van der Waals surface area (Å²) in [5.41, 5.74) is 2.81. The van der Waals surface area contributed by atoms with Crippen molar-refractivity contribution < 1.29 is 14.5 Å². The Bertz CT molecular complexity index is 983. The molecule has 0 radical (unpaired) electrons. The monoisotopic (exact) mass is 394 g/mol. The van der Waals surface area contributed by atoms with Crippen LogP contribution in [0, 0.1) is 26.9 Å². The van der Waals surface area contributed by atoms with Gasteiger partial charge in [0.2, 0.25) is 0 Å². The number of rotatable bonds is 2. The summed E-state index contributed by atoms with van der Waals surface area (Å²) in [6.45, 7) is 8.23. The SMILES string of the molecule is CC1(C)C=C2NC3=C(C(=O)CC(C)(C)C3)C(c3ccc([N+](=O)[O-])cc3)C2C(=O)C1. The summed E-state index contributed by atoms with van der Waals surface area (Å²) in [6, 6.07) is 6.29. The number of nitrogens with zero attached hydrogens (tertiary/aromatic N) is 1. The van der Waals surface area contributed by atoms with E-state index in [2.05, 4.69) is 25.2 Å². The van der Waals surface area contributed by atoms with Crippen LogP contribution >= 0.6 is 0 Å². The molecule has 0 amide bonds. The number of fused-ring (bicyclic) bond motifs is 1. The van der Waals surface area contributed by atoms with Crippen LogP contribution in [0.25, 0.3) is 0 Å². The van der Waals surface area contributed by atoms with Crippen molar-refractivity contribution in [2.75, 3.05) is 0 Å². The number of hydrogen-bond acceptors (Lipinski definition) is 5. The molecular formula is C23H26N2O4. The average molecular weight is 394 g/mol. The summed E-state index contributed by atoms with van der Waals surface area (Å²) < 4.78 is 0. The van der Waals surface area contributed by atoms with E-state index in [-0.39, 0.29) is 28.1 Å². The Hall–Kier alpha value is -2.76. The molecule has 0 spiro atoms. The number of carbonyl (C=O) groups excluding carboxylic acids is 2. The van der Waals surface area contributed by atoms with Gasteiger partial charge in [-0.1, -0.05) is 45.9 Å². The Balaban J connectivity index is 1.90. The molecule has 2 unspecified atom stereocenters. The number of nitro benzene ring substituents is 1. The predicted molar refractivity (Wildman–Crippen MR) is 109 cm³/mol. The summed E-state index contributed by atoms with van der Waals surface area (Å²) >= 11 is 0. The molecule has 152 valence electrons. The highest BCUT2D eigenvalue weighted by atomic mass is 16.6. The first-order valence-electron chi connectivity index (χ1n) is 10.0. The van der Waals surface area contributed by atoms with Crippen molar-refractivity contribution in [1.82, 2.24) is 5.32 Å². The summed E-state index contributed by atoms with van der Waals surface area (Å²) in [4.78, 5) is 37.0. The second kappa shape index (κ2) is 6.37. The fourth-order valence-corrected chi connectivity index (χ4v) is 5.08. The molecule has 1 aromatic carbocycles. The lowest BCUT2D eigenvalue weighted by atomic mass is 9.62. The van der Waals surface area contributed by atoms with Gasteiger partial charge in [0.1, 0.15) is 5.78 Å². The van der Waals surface area contributed by atoms with E-state index >= 15 is 0 Å². The molecular weight excluding hydrogens is 368 g/mol. The van der Waals surface area contributed by atoms with Gasteiger partial charge in [0.05, 0.1) is 10.8 Å². The number of nitro groups is 1. The maximum atomic E-state index is 13.2. The highest BCUT2D eigenvalue weighted by Crippen LogP contribution is 2.51. The van der Waals surface area contributed by atoms with Gasteiger partial charge < -0.3 is 5.32 Å². The molecule has 1 aliphatic heterocycles. The Morgan fingerprint density at radius 1 is 1.00 bits per heavy atom. The molecule has 6 nitrogen and oxygen atoms in total. The molecule has 0 fully saturated rings. The van der Waals surface area contributed by atoms with Crippen LogP contribution in [0.15, 0.2) is 47.3 Å². The van der Waals surface area contributed by atoms with E-state index in [4.69, 9.17) is 0 Å². The standard InChI is InChI=1S/C23H26N2O4/c1-22(2)9-15-20(17(26)11-22)19(13-5-7-14(8-6-13)25(28)29)21-16(24-15)10-23(3,4)12-18(21)27/h5-9,19-20,24H,10-12H2,1-4H3. The van der Waals surface area contributed by atoms with Crippen LogP contribution in [0.4, 0.5) is 5.69 Å². The van der Waals surface area contributed by atoms with E-state index in [1.165, 1.54) is 12.1 Å². The van der Waals surface area contributed by atoms with Gasteiger partial charge in [0.15, 0.2) is 5.78 Å². The quantitative estimate of drug-likeness (QED) is 0.592. The number of ketones is 2. The van der Waals surface area contributed by atoms with Crippen molar-refractivity contribution >= 4 is 17.3 Å². The second-order valence-electron chi connectivity index (χ2n) is 9.99. The summed E-state index contributed by atoms with van der Waals surface area (Å²) in [7, 11) is 0. The van der Waals surface area contributed by atoms with E-state index in [1.54, 1.807) is 12.1 Å². The Morgan fingerprint density at radius 2 is 1.66 bits per heavy atom. The smallest absolute Gasteiger partial charge is 0.269 e. The molecule has 3 aliphatic rings. The van der Waals surface area contributed by atoms with Gasteiger partial charge in [-0.3, -0.25) is 19.7 Å². The predicted octanol–water partition coefficient (Wildman–Crippen LogP) is 4.42. The molecule has 1 N–H and O–H groups in total. The lowest BCUT2D eigenvalue weighted by Gasteiger charge is -2.45. The highest BCUT2D eigenvalue weighted by Gasteiger charge is 2.48. The minimum Gasteiger partial charge on any atom is -0.362 e. The fourth-order valence-electron chi connectivity index (χ4n) is 5.08. The molecule has 4 rings (SSSR count). The molecule has 1 aromatic rings. The molecule has 0 aromatic heterocycles. The van der Waals surface area contributed by atoms with Gasteiger partial charge in [-0.15, -0.1) is 0 Å². The van der Waals surface area contributed by atoms with Gasteiger partial charge in [0, 0.05) is 47.9 Å². The first-order valence-corrected chi connectivity index (χ1v) is 10.0. The normalized spacial score (nSPS) is 27.5. The largest absolute Gasteiger partial charge is 0.362 e. The van der Waals surface area contributed by atoms with Gasteiger partial charge in [0.25, 0.3) is 5.69 Å². The van der Waals surface area contributed by atoms with E-state index in [1.807, 2.05) is 13.8 Å². The molecule has 2 atom stereocenters. The molecule has 0 saturated carbocycles. The number of allylic oxidation sites excluding steroid dienone is 4.